The van der Waals surface area contributed by atoms with Crippen molar-refractivity contribution in [3.63, 3.8) is 0 Å². The molecule has 22 heavy (non-hydrogen) atoms. The fraction of sp³-hybridized carbons (Fsp3) is 0.533. The van der Waals surface area contributed by atoms with Gasteiger partial charge in [-0.25, -0.2) is 8.42 Å². The standard InChI is InChI=1S/C15H23ClN2O3S/c1-4-18(11-15(19)17-10-9-12(2)3)22(20,21)14-7-5-13(16)6-8-14/h5-8,12H,4,9-11H2,1-3H3,(H,17,19). The summed E-state index contributed by atoms with van der Waals surface area (Å²) in [5.74, 6) is 0.195. The van der Waals surface area contributed by atoms with Crippen LogP contribution in [0.3, 0.4) is 0 Å². The highest BCUT2D eigenvalue weighted by Gasteiger charge is 2.25. The third-order valence-corrected chi connectivity index (χ3v) is 5.35. The lowest BCUT2D eigenvalue weighted by Crippen LogP contribution is -2.41. The van der Waals surface area contributed by atoms with Crippen LogP contribution in [0.1, 0.15) is 27.2 Å². The molecule has 0 spiro atoms. The van der Waals surface area contributed by atoms with E-state index >= 15 is 0 Å². The number of nitrogens with one attached hydrogen (secondary N) is 1. The predicted octanol–water partition coefficient (Wildman–Crippen LogP) is 2.51. The molecule has 1 amide bonds. The average molecular weight is 347 g/mol. The van der Waals surface area contributed by atoms with Crippen molar-refractivity contribution in [2.24, 2.45) is 5.92 Å². The third-order valence-electron chi connectivity index (χ3n) is 3.17. The summed E-state index contributed by atoms with van der Waals surface area (Å²) < 4.78 is 26.1. The van der Waals surface area contributed by atoms with Crippen molar-refractivity contribution in [1.82, 2.24) is 9.62 Å². The number of carbonyl (C=O) groups is 1. The Morgan fingerprint density at radius 3 is 2.36 bits per heavy atom. The maximum Gasteiger partial charge on any atom is 0.243 e. The number of hydrogen-bond donors (Lipinski definition) is 1. The largest absolute Gasteiger partial charge is 0.355 e. The molecular weight excluding hydrogens is 324 g/mol. The zero-order valence-corrected chi connectivity index (χ0v) is 14.7. The molecule has 0 unspecified atom stereocenters. The van der Waals surface area contributed by atoms with Crippen molar-refractivity contribution in [2.45, 2.75) is 32.1 Å². The third kappa shape index (κ3) is 5.59. The molecule has 0 atom stereocenters. The van der Waals surface area contributed by atoms with Crippen molar-refractivity contribution in [3.8, 4) is 0 Å². The average Bonchev–Trinajstić information content (AvgIpc) is 2.44. The van der Waals surface area contributed by atoms with E-state index in [4.69, 9.17) is 11.6 Å². The molecule has 0 saturated heterocycles. The van der Waals surface area contributed by atoms with Crippen molar-refractivity contribution in [3.05, 3.63) is 29.3 Å². The van der Waals surface area contributed by atoms with Crippen molar-refractivity contribution < 1.29 is 13.2 Å². The Kier molecular flexibility index (Phi) is 7.32. The number of nitrogens with zero attached hydrogens (tertiary/aromatic N) is 1. The first-order valence-corrected chi connectivity index (χ1v) is 9.11. The Morgan fingerprint density at radius 2 is 1.86 bits per heavy atom. The minimum absolute atomic E-state index is 0.133. The van der Waals surface area contributed by atoms with E-state index in [2.05, 4.69) is 19.2 Å². The Labute approximate surface area is 137 Å². The van der Waals surface area contributed by atoms with Crippen LogP contribution in [-0.4, -0.2) is 38.3 Å². The van der Waals surface area contributed by atoms with Gasteiger partial charge in [-0.1, -0.05) is 32.4 Å². The summed E-state index contributed by atoms with van der Waals surface area (Å²) in [5, 5.41) is 3.21. The Hall–Kier alpha value is -1.11. The van der Waals surface area contributed by atoms with E-state index in [1.54, 1.807) is 6.92 Å². The molecule has 0 saturated carbocycles. The van der Waals surface area contributed by atoms with Crippen molar-refractivity contribution >= 4 is 27.5 Å². The van der Waals surface area contributed by atoms with Gasteiger partial charge >= 0.3 is 0 Å². The lowest BCUT2D eigenvalue weighted by molar-refractivity contribution is -0.121. The number of rotatable bonds is 8. The second-order valence-corrected chi connectivity index (χ2v) is 7.79. The molecule has 0 aromatic heterocycles. The number of carbonyl (C=O) groups excluding carboxylic acids is 1. The molecule has 0 aliphatic heterocycles. The summed E-state index contributed by atoms with van der Waals surface area (Å²) >= 11 is 5.77. The maximum absolute atomic E-state index is 12.5. The summed E-state index contributed by atoms with van der Waals surface area (Å²) in [6.45, 7) is 6.43. The summed E-state index contributed by atoms with van der Waals surface area (Å²) in [4.78, 5) is 12.0. The second-order valence-electron chi connectivity index (χ2n) is 5.42. The van der Waals surface area contributed by atoms with Crippen LogP contribution in [0.25, 0.3) is 0 Å². The molecule has 1 N–H and O–H groups in total. The highest BCUT2D eigenvalue weighted by Crippen LogP contribution is 2.18. The maximum atomic E-state index is 12.5. The van der Waals surface area contributed by atoms with Gasteiger partial charge in [0.05, 0.1) is 11.4 Å². The summed E-state index contributed by atoms with van der Waals surface area (Å²) in [7, 11) is -3.69. The van der Waals surface area contributed by atoms with Gasteiger partial charge in [-0.15, -0.1) is 0 Å². The molecule has 0 bridgehead atoms. The van der Waals surface area contributed by atoms with Crippen LogP contribution in [-0.2, 0) is 14.8 Å². The topological polar surface area (TPSA) is 66.5 Å². The van der Waals surface area contributed by atoms with E-state index in [-0.39, 0.29) is 23.9 Å². The van der Waals surface area contributed by atoms with Crippen molar-refractivity contribution in [1.29, 1.82) is 0 Å². The molecule has 1 rings (SSSR count). The Balaban J connectivity index is 2.73. The molecule has 0 aliphatic rings. The zero-order valence-electron chi connectivity index (χ0n) is 13.2. The second kappa shape index (κ2) is 8.50. The number of amides is 1. The van der Waals surface area contributed by atoms with E-state index in [1.165, 1.54) is 24.3 Å². The van der Waals surface area contributed by atoms with E-state index in [0.717, 1.165) is 10.7 Å². The molecule has 0 aliphatic carbocycles. The summed E-state index contributed by atoms with van der Waals surface area (Å²) in [6, 6.07) is 5.92. The fourth-order valence-corrected chi connectivity index (χ4v) is 3.37. The van der Waals surface area contributed by atoms with Crippen LogP contribution in [0.2, 0.25) is 5.02 Å². The van der Waals surface area contributed by atoms with Gasteiger partial charge in [0.2, 0.25) is 15.9 Å². The van der Waals surface area contributed by atoms with Gasteiger partial charge in [-0.3, -0.25) is 4.79 Å². The van der Waals surface area contributed by atoms with Gasteiger partial charge in [0.25, 0.3) is 0 Å². The normalized spacial score (nSPS) is 11.9. The van der Waals surface area contributed by atoms with E-state index in [1.807, 2.05) is 0 Å². The molecule has 1 aromatic rings. The Bertz CT molecular complexity index is 585. The van der Waals surface area contributed by atoms with Gasteiger partial charge in [0.1, 0.15) is 0 Å². The van der Waals surface area contributed by atoms with Gasteiger partial charge in [-0.05, 0) is 36.6 Å². The zero-order chi connectivity index (χ0) is 16.8. The monoisotopic (exact) mass is 346 g/mol. The Morgan fingerprint density at radius 1 is 1.27 bits per heavy atom. The summed E-state index contributed by atoms with van der Waals surface area (Å²) in [5.41, 5.74) is 0. The first-order valence-electron chi connectivity index (χ1n) is 7.29. The van der Waals surface area contributed by atoms with Gasteiger partial charge in [0.15, 0.2) is 0 Å². The van der Waals surface area contributed by atoms with Crippen LogP contribution in [0.5, 0.6) is 0 Å². The molecule has 7 heteroatoms. The van der Waals surface area contributed by atoms with E-state index < -0.39 is 10.0 Å². The first kappa shape index (κ1) is 18.9. The SMILES string of the molecule is CCN(CC(=O)NCCC(C)C)S(=O)(=O)c1ccc(Cl)cc1. The van der Waals surface area contributed by atoms with Crippen LogP contribution in [0, 0.1) is 5.92 Å². The quantitative estimate of drug-likeness (QED) is 0.786. The van der Waals surface area contributed by atoms with Crippen LogP contribution in [0.4, 0.5) is 0 Å². The van der Waals surface area contributed by atoms with Crippen LogP contribution in [0.15, 0.2) is 29.2 Å². The minimum Gasteiger partial charge on any atom is -0.355 e. The number of likely N-dealkylation sites (N-methyl/N-ethyl adjacent to an activating group) is 1. The number of benzene rings is 1. The fourth-order valence-electron chi connectivity index (χ4n) is 1.84. The molecule has 5 nitrogen and oxygen atoms in total. The molecule has 1 aromatic carbocycles. The van der Waals surface area contributed by atoms with Gasteiger partial charge in [0, 0.05) is 18.1 Å². The molecule has 0 heterocycles. The lowest BCUT2D eigenvalue weighted by atomic mass is 10.1. The van der Waals surface area contributed by atoms with Crippen molar-refractivity contribution in [2.75, 3.05) is 19.6 Å². The number of hydrogen-bond acceptors (Lipinski definition) is 3. The first-order chi connectivity index (χ1) is 10.3. The number of halogens is 1. The minimum atomic E-state index is -3.69. The van der Waals surface area contributed by atoms with Crippen LogP contribution < -0.4 is 5.32 Å². The molecule has 124 valence electrons. The predicted molar refractivity (Wildman–Crippen MR) is 88.3 cm³/mol. The van der Waals surface area contributed by atoms with E-state index in [0.29, 0.717) is 17.5 Å². The smallest absolute Gasteiger partial charge is 0.243 e. The van der Waals surface area contributed by atoms with Gasteiger partial charge < -0.3 is 5.32 Å². The molecule has 0 radical (unpaired) electrons. The molecular formula is C15H23ClN2O3S. The number of sulfonamides is 1. The summed E-state index contributed by atoms with van der Waals surface area (Å²) in [6.07, 6.45) is 0.863. The van der Waals surface area contributed by atoms with Gasteiger partial charge in [-0.2, -0.15) is 4.31 Å². The van der Waals surface area contributed by atoms with E-state index in [9.17, 15) is 13.2 Å². The highest BCUT2D eigenvalue weighted by atomic mass is 35.5. The molecule has 0 fully saturated rings. The highest BCUT2D eigenvalue weighted by molar-refractivity contribution is 7.89. The lowest BCUT2D eigenvalue weighted by Gasteiger charge is -2.20. The van der Waals surface area contributed by atoms with Crippen LogP contribution >= 0.6 is 11.6 Å².